The standard InChI is InChI=1S/C30H34FN3O6S/c1-21(2)18-32-30(36)22(3)33(19-23-7-5-4-6-8-23)29(35)20-34(25-11-9-24(31)10-12-25)41(37,38)26-13-14-27-28(17-26)40-16-15-39-27/h4-14,17,21-22H,15-16,18-20H2,1-3H3,(H,32,36). The van der Waals surface area contributed by atoms with E-state index >= 15 is 0 Å². The highest BCUT2D eigenvalue weighted by Gasteiger charge is 2.33. The van der Waals surface area contributed by atoms with Crippen LogP contribution < -0.4 is 19.1 Å². The summed E-state index contributed by atoms with van der Waals surface area (Å²) >= 11 is 0. The number of nitrogens with one attached hydrogen (secondary N) is 1. The number of anilines is 1. The van der Waals surface area contributed by atoms with E-state index in [4.69, 9.17) is 9.47 Å². The molecule has 1 atom stereocenters. The average Bonchev–Trinajstić information content (AvgIpc) is 2.97. The number of carbonyl (C=O) groups is 2. The maximum Gasteiger partial charge on any atom is 0.264 e. The monoisotopic (exact) mass is 583 g/mol. The first-order chi connectivity index (χ1) is 19.6. The molecular formula is C30H34FN3O6S. The van der Waals surface area contributed by atoms with Gasteiger partial charge >= 0.3 is 0 Å². The number of rotatable bonds is 11. The van der Waals surface area contributed by atoms with Crippen LogP contribution in [-0.4, -0.2) is 57.5 Å². The van der Waals surface area contributed by atoms with Crippen LogP contribution in [0.25, 0.3) is 0 Å². The molecule has 218 valence electrons. The highest BCUT2D eigenvalue weighted by Crippen LogP contribution is 2.34. The summed E-state index contributed by atoms with van der Waals surface area (Å²) < 4.78 is 53.8. The summed E-state index contributed by atoms with van der Waals surface area (Å²) in [5.41, 5.74) is 0.860. The summed E-state index contributed by atoms with van der Waals surface area (Å²) in [6, 6.07) is 17.3. The Morgan fingerprint density at radius 3 is 2.24 bits per heavy atom. The van der Waals surface area contributed by atoms with Gasteiger partial charge in [0.1, 0.15) is 31.6 Å². The fourth-order valence-electron chi connectivity index (χ4n) is 4.26. The van der Waals surface area contributed by atoms with Gasteiger partial charge in [-0.1, -0.05) is 44.2 Å². The van der Waals surface area contributed by atoms with Crippen molar-refractivity contribution < 1.29 is 31.9 Å². The van der Waals surface area contributed by atoms with Gasteiger partial charge in [0, 0.05) is 19.2 Å². The smallest absolute Gasteiger partial charge is 0.264 e. The van der Waals surface area contributed by atoms with Gasteiger partial charge in [-0.2, -0.15) is 0 Å². The molecule has 1 unspecified atom stereocenters. The first kappa shape index (κ1) is 29.9. The van der Waals surface area contributed by atoms with Crippen LogP contribution in [0.3, 0.4) is 0 Å². The number of sulfonamides is 1. The Labute approximate surface area is 239 Å². The lowest BCUT2D eigenvalue weighted by atomic mass is 10.1. The highest BCUT2D eigenvalue weighted by molar-refractivity contribution is 7.92. The molecule has 0 saturated heterocycles. The second kappa shape index (κ2) is 13.0. The molecule has 1 aliphatic heterocycles. The molecule has 1 aliphatic rings. The number of amides is 2. The second-order valence-electron chi connectivity index (χ2n) is 10.1. The van der Waals surface area contributed by atoms with Gasteiger partial charge in [-0.15, -0.1) is 0 Å². The van der Waals surface area contributed by atoms with Crippen LogP contribution in [0.1, 0.15) is 26.3 Å². The van der Waals surface area contributed by atoms with Gasteiger partial charge in [0.2, 0.25) is 11.8 Å². The molecule has 0 aliphatic carbocycles. The lowest BCUT2D eigenvalue weighted by Gasteiger charge is -2.32. The molecule has 0 radical (unpaired) electrons. The van der Waals surface area contributed by atoms with Crippen molar-refractivity contribution in [1.82, 2.24) is 10.2 Å². The van der Waals surface area contributed by atoms with Gasteiger partial charge in [0.15, 0.2) is 11.5 Å². The van der Waals surface area contributed by atoms with E-state index in [0.717, 1.165) is 22.0 Å². The van der Waals surface area contributed by atoms with Crippen molar-refractivity contribution in [3.05, 3.63) is 84.2 Å². The molecule has 0 spiro atoms. The largest absolute Gasteiger partial charge is 0.486 e. The maximum absolute atomic E-state index is 14.0. The van der Waals surface area contributed by atoms with Gasteiger partial charge in [0.05, 0.1) is 10.6 Å². The van der Waals surface area contributed by atoms with Crippen molar-refractivity contribution in [2.75, 3.05) is 30.6 Å². The zero-order valence-electron chi connectivity index (χ0n) is 23.2. The summed E-state index contributed by atoms with van der Waals surface area (Å²) in [5.74, 6) is -0.635. The second-order valence-corrected chi connectivity index (χ2v) is 12.0. The predicted molar refractivity (Wildman–Crippen MR) is 153 cm³/mol. The van der Waals surface area contributed by atoms with E-state index in [1.165, 1.54) is 35.2 Å². The molecule has 3 aromatic carbocycles. The van der Waals surface area contributed by atoms with Crippen molar-refractivity contribution >= 4 is 27.5 Å². The number of nitrogens with zero attached hydrogens (tertiary/aromatic N) is 2. The number of ether oxygens (including phenoxy) is 2. The fraction of sp³-hybridized carbons (Fsp3) is 0.333. The highest BCUT2D eigenvalue weighted by atomic mass is 32.2. The van der Waals surface area contributed by atoms with Crippen LogP contribution in [0.15, 0.2) is 77.7 Å². The van der Waals surface area contributed by atoms with Crippen LogP contribution in [0.5, 0.6) is 11.5 Å². The molecule has 0 fully saturated rings. The lowest BCUT2D eigenvalue weighted by molar-refractivity contribution is -0.139. The predicted octanol–water partition coefficient (Wildman–Crippen LogP) is 3.98. The number of carbonyl (C=O) groups excluding carboxylic acids is 2. The normalized spacial score (nSPS) is 13.4. The van der Waals surface area contributed by atoms with Gasteiger partial charge in [-0.3, -0.25) is 13.9 Å². The lowest BCUT2D eigenvalue weighted by Crippen LogP contribution is -2.51. The molecule has 1 N–H and O–H groups in total. The van der Waals surface area contributed by atoms with E-state index in [9.17, 15) is 22.4 Å². The van der Waals surface area contributed by atoms with Crippen LogP contribution >= 0.6 is 0 Å². The molecule has 2 amide bonds. The summed E-state index contributed by atoms with van der Waals surface area (Å²) in [4.78, 5) is 28.2. The Morgan fingerprint density at radius 1 is 0.927 bits per heavy atom. The fourth-order valence-corrected chi connectivity index (χ4v) is 5.69. The third kappa shape index (κ3) is 7.35. The zero-order valence-corrected chi connectivity index (χ0v) is 24.1. The Bertz CT molecular complexity index is 1470. The number of halogens is 1. The van der Waals surface area contributed by atoms with Crippen LogP contribution in [0, 0.1) is 11.7 Å². The maximum atomic E-state index is 14.0. The average molecular weight is 584 g/mol. The van der Waals surface area contributed by atoms with Crippen molar-refractivity contribution in [3.8, 4) is 11.5 Å². The molecule has 0 bridgehead atoms. The first-order valence-corrected chi connectivity index (χ1v) is 14.8. The Kier molecular flexibility index (Phi) is 9.49. The molecule has 41 heavy (non-hydrogen) atoms. The molecule has 9 nitrogen and oxygen atoms in total. The number of fused-ring (bicyclic) bond motifs is 1. The Hall–Kier alpha value is -4.12. The third-order valence-corrected chi connectivity index (χ3v) is 8.31. The Balaban J connectivity index is 1.69. The van der Waals surface area contributed by atoms with Gasteiger partial charge in [-0.05, 0) is 54.8 Å². The quantitative estimate of drug-likeness (QED) is 0.366. The van der Waals surface area contributed by atoms with Gasteiger partial charge < -0.3 is 19.7 Å². The minimum Gasteiger partial charge on any atom is -0.486 e. The van der Waals surface area contributed by atoms with E-state index in [1.807, 2.05) is 44.2 Å². The van der Waals surface area contributed by atoms with E-state index in [0.29, 0.717) is 18.9 Å². The third-order valence-electron chi connectivity index (χ3n) is 6.54. The van der Waals surface area contributed by atoms with E-state index in [-0.39, 0.29) is 41.3 Å². The summed E-state index contributed by atoms with van der Waals surface area (Å²) in [6.07, 6.45) is 0. The van der Waals surface area contributed by atoms with Crippen molar-refractivity contribution in [2.24, 2.45) is 5.92 Å². The van der Waals surface area contributed by atoms with E-state index in [2.05, 4.69) is 5.32 Å². The first-order valence-electron chi connectivity index (χ1n) is 13.4. The summed E-state index contributed by atoms with van der Waals surface area (Å²) in [5, 5.41) is 2.85. The number of benzene rings is 3. The zero-order chi connectivity index (χ0) is 29.6. The van der Waals surface area contributed by atoms with Crippen LogP contribution in [-0.2, 0) is 26.2 Å². The van der Waals surface area contributed by atoms with Crippen molar-refractivity contribution in [1.29, 1.82) is 0 Å². The SMILES string of the molecule is CC(C)CNC(=O)C(C)N(Cc1ccccc1)C(=O)CN(c1ccc(F)cc1)S(=O)(=O)c1ccc2c(c1)OCCO2. The van der Waals surface area contributed by atoms with Crippen LogP contribution in [0.2, 0.25) is 0 Å². The van der Waals surface area contributed by atoms with Gasteiger partial charge in [-0.25, -0.2) is 12.8 Å². The van der Waals surface area contributed by atoms with E-state index in [1.54, 1.807) is 6.92 Å². The summed E-state index contributed by atoms with van der Waals surface area (Å²) in [7, 11) is -4.34. The molecular weight excluding hydrogens is 549 g/mol. The molecule has 4 rings (SSSR count). The molecule has 0 aromatic heterocycles. The molecule has 1 heterocycles. The van der Waals surface area contributed by atoms with Crippen LogP contribution in [0.4, 0.5) is 10.1 Å². The molecule has 0 saturated carbocycles. The van der Waals surface area contributed by atoms with Crippen molar-refractivity contribution in [3.63, 3.8) is 0 Å². The number of hydrogen-bond acceptors (Lipinski definition) is 6. The Morgan fingerprint density at radius 2 is 1.59 bits per heavy atom. The van der Waals surface area contributed by atoms with Gasteiger partial charge in [0.25, 0.3) is 10.0 Å². The molecule has 3 aromatic rings. The topological polar surface area (TPSA) is 105 Å². The van der Waals surface area contributed by atoms with E-state index < -0.39 is 34.3 Å². The minimum atomic E-state index is -4.34. The van der Waals surface area contributed by atoms with Crippen molar-refractivity contribution in [2.45, 2.75) is 38.3 Å². The number of hydrogen-bond donors (Lipinski definition) is 1. The minimum absolute atomic E-state index is 0.0806. The summed E-state index contributed by atoms with van der Waals surface area (Å²) in [6.45, 7) is 6.01. The molecule has 11 heteroatoms.